The maximum absolute atomic E-state index is 12.4. The van der Waals surface area contributed by atoms with Crippen molar-refractivity contribution in [3.05, 3.63) is 102 Å². The zero-order valence-electron chi connectivity index (χ0n) is 17.1. The molecule has 2 amide bonds. The van der Waals surface area contributed by atoms with Crippen LogP contribution >= 0.6 is 0 Å². The van der Waals surface area contributed by atoms with Crippen LogP contribution in [0, 0.1) is 0 Å². The van der Waals surface area contributed by atoms with Crippen molar-refractivity contribution >= 4 is 17.5 Å². The molecule has 3 rings (SSSR count). The molecule has 0 aliphatic heterocycles. The maximum Gasteiger partial charge on any atom is 0.251 e. The lowest BCUT2D eigenvalue weighted by atomic mass is 10.1. The number of amides is 2. The summed E-state index contributed by atoms with van der Waals surface area (Å²) >= 11 is 0. The Morgan fingerprint density at radius 2 is 1.47 bits per heavy atom. The Bertz CT molecular complexity index is 941. The van der Waals surface area contributed by atoms with Crippen molar-refractivity contribution in [1.29, 1.82) is 0 Å². The van der Waals surface area contributed by atoms with Crippen LogP contribution in [-0.4, -0.2) is 24.9 Å². The Morgan fingerprint density at radius 1 is 0.833 bits per heavy atom. The number of rotatable bonds is 9. The van der Waals surface area contributed by atoms with Crippen LogP contribution in [0.2, 0.25) is 0 Å². The van der Waals surface area contributed by atoms with Crippen LogP contribution in [0.3, 0.4) is 0 Å². The fraction of sp³-hybridized carbons (Fsp3) is 0.200. The molecule has 0 saturated carbocycles. The highest BCUT2D eigenvalue weighted by molar-refractivity contribution is 5.96. The monoisotopic (exact) mass is 401 g/mol. The molecule has 154 valence electrons. The minimum atomic E-state index is -0.146. The summed E-state index contributed by atoms with van der Waals surface area (Å²) in [5, 5.41) is 8.97. The van der Waals surface area contributed by atoms with Gasteiger partial charge in [0.05, 0.1) is 12.6 Å². The molecule has 1 atom stereocenters. The van der Waals surface area contributed by atoms with Crippen LogP contribution in [-0.2, 0) is 11.2 Å². The van der Waals surface area contributed by atoms with E-state index < -0.39 is 0 Å². The lowest BCUT2D eigenvalue weighted by Gasteiger charge is -2.14. The standard InChI is InChI=1S/C25H27N3O2/c1-19(21-10-6-3-7-11-21)27-25(30)22-12-14-23(15-13-22)28-24(29)18-26-17-16-20-8-4-2-5-9-20/h2-15,19,26H,16-18H2,1H3,(H,27,30)(H,28,29). The van der Waals surface area contributed by atoms with Gasteiger partial charge >= 0.3 is 0 Å². The third-order valence-corrected chi connectivity index (χ3v) is 4.80. The van der Waals surface area contributed by atoms with E-state index in [9.17, 15) is 9.59 Å². The number of hydrogen-bond acceptors (Lipinski definition) is 3. The van der Waals surface area contributed by atoms with Crippen molar-refractivity contribution in [1.82, 2.24) is 10.6 Å². The number of anilines is 1. The summed E-state index contributed by atoms with van der Waals surface area (Å²) in [5.41, 5.74) is 3.50. The molecule has 0 aliphatic rings. The molecule has 0 radical (unpaired) electrons. The van der Waals surface area contributed by atoms with Gasteiger partial charge in [0.15, 0.2) is 0 Å². The zero-order valence-corrected chi connectivity index (χ0v) is 17.1. The first kappa shape index (κ1) is 21.3. The van der Waals surface area contributed by atoms with Crippen molar-refractivity contribution in [2.45, 2.75) is 19.4 Å². The molecule has 3 aromatic carbocycles. The van der Waals surface area contributed by atoms with Gasteiger partial charge in [-0.1, -0.05) is 60.7 Å². The van der Waals surface area contributed by atoms with E-state index >= 15 is 0 Å². The molecule has 0 aromatic heterocycles. The molecule has 30 heavy (non-hydrogen) atoms. The Balaban J connectivity index is 1.42. The molecule has 5 heteroatoms. The van der Waals surface area contributed by atoms with Gasteiger partial charge in [0.1, 0.15) is 0 Å². The molecule has 0 bridgehead atoms. The highest BCUT2D eigenvalue weighted by atomic mass is 16.2. The molecule has 0 spiro atoms. The lowest BCUT2D eigenvalue weighted by Crippen LogP contribution is -2.29. The van der Waals surface area contributed by atoms with Gasteiger partial charge in [-0.05, 0) is 55.3 Å². The van der Waals surface area contributed by atoms with Crippen LogP contribution in [0.1, 0.15) is 34.5 Å². The van der Waals surface area contributed by atoms with Gasteiger partial charge in [-0.3, -0.25) is 9.59 Å². The summed E-state index contributed by atoms with van der Waals surface area (Å²) in [5.74, 6) is -0.259. The second-order valence-corrected chi connectivity index (χ2v) is 7.14. The zero-order chi connectivity index (χ0) is 21.2. The highest BCUT2D eigenvalue weighted by Gasteiger charge is 2.11. The smallest absolute Gasteiger partial charge is 0.251 e. The van der Waals surface area contributed by atoms with Gasteiger partial charge in [0.25, 0.3) is 5.91 Å². The number of carbonyl (C=O) groups excluding carboxylic acids is 2. The largest absolute Gasteiger partial charge is 0.346 e. The molecular formula is C25H27N3O2. The molecule has 0 saturated heterocycles. The second-order valence-electron chi connectivity index (χ2n) is 7.14. The van der Waals surface area contributed by atoms with E-state index in [1.165, 1.54) is 5.56 Å². The van der Waals surface area contributed by atoms with Crippen LogP contribution in [0.4, 0.5) is 5.69 Å². The summed E-state index contributed by atoms with van der Waals surface area (Å²) in [6, 6.07) is 26.8. The van der Waals surface area contributed by atoms with Crippen molar-refractivity contribution in [3.63, 3.8) is 0 Å². The molecule has 1 unspecified atom stereocenters. The highest BCUT2D eigenvalue weighted by Crippen LogP contribution is 2.14. The molecule has 0 fully saturated rings. The van der Waals surface area contributed by atoms with Crippen molar-refractivity contribution in [2.75, 3.05) is 18.4 Å². The number of carbonyl (C=O) groups is 2. The first-order chi connectivity index (χ1) is 14.6. The summed E-state index contributed by atoms with van der Waals surface area (Å²) in [6.45, 7) is 2.92. The number of benzene rings is 3. The summed E-state index contributed by atoms with van der Waals surface area (Å²) in [4.78, 5) is 24.5. The fourth-order valence-corrected chi connectivity index (χ4v) is 3.09. The first-order valence-electron chi connectivity index (χ1n) is 10.1. The van der Waals surface area contributed by atoms with Crippen LogP contribution in [0.15, 0.2) is 84.9 Å². The lowest BCUT2D eigenvalue weighted by molar-refractivity contribution is -0.115. The van der Waals surface area contributed by atoms with Gasteiger partial charge in [0.2, 0.25) is 5.91 Å². The van der Waals surface area contributed by atoms with Crippen LogP contribution < -0.4 is 16.0 Å². The summed E-state index contributed by atoms with van der Waals surface area (Å²) < 4.78 is 0. The van der Waals surface area contributed by atoms with E-state index in [0.717, 1.165) is 18.5 Å². The minimum absolute atomic E-state index is 0.0833. The maximum atomic E-state index is 12.4. The van der Waals surface area contributed by atoms with Crippen LogP contribution in [0.5, 0.6) is 0 Å². The van der Waals surface area contributed by atoms with Gasteiger partial charge in [-0.25, -0.2) is 0 Å². The molecule has 0 heterocycles. The average Bonchev–Trinajstić information content (AvgIpc) is 2.78. The second kappa shape index (κ2) is 10.9. The van der Waals surface area contributed by atoms with Crippen LogP contribution in [0.25, 0.3) is 0 Å². The summed E-state index contributed by atoms with van der Waals surface area (Å²) in [7, 11) is 0. The predicted molar refractivity (Wildman–Crippen MR) is 120 cm³/mol. The predicted octanol–water partition coefficient (Wildman–Crippen LogP) is 3.95. The van der Waals surface area contributed by atoms with Gasteiger partial charge < -0.3 is 16.0 Å². The molecule has 3 N–H and O–H groups in total. The minimum Gasteiger partial charge on any atom is -0.346 e. The Labute approximate surface area is 177 Å². The van der Waals surface area contributed by atoms with Crippen molar-refractivity contribution < 1.29 is 9.59 Å². The van der Waals surface area contributed by atoms with E-state index in [0.29, 0.717) is 11.3 Å². The molecular weight excluding hydrogens is 374 g/mol. The van der Waals surface area contributed by atoms with Crippen molar-refractivity contribution in [2.24, 2.45) is 0 Å². The number of hydrogen-bond donors (Lipinski definition) is 3. The average molecular weight is 402 g/mol. The van der Waals surface area contributed by atoms with E-state index in [-0.39, 0.29) is 24.4 Å². The third-order valence-electron chi connectivity index (χ3n) is 4.80. The Hall–Kier alpha value is -3.44. The van der Waals surface area contributed by atoms with E-state index in [1.807, 2.05) is 55.5 Å². The van der Waals surface area contributed by atoms with Gasteiger partial charge in [0, 0.05) is 11.3 Å². The third kappa shape index (κ3) is 6.57. The fourth-order valence-electron chi connectivity index (χ4n) is 3.09. The number of nitrogens with one attached hydrogen (secondary N) is 3. The Kier molecular flexibility index (Phi) is 7.75. The normalized spacial score (nSPS) is 11.5. The molecule has 0 aliphatic carbocycles. The summed E-state index contributed by atoms with van der Waals surface area (Å²) in [6.07, 6.45) is 0.874. The first-order valence-corrected chi connectivity index (χ1v) is 10.1. The molecule has 3 aromatic rings. The quantitative estimate of drug-likeness (QED) is 0.476. The van der Waals surface area contributed by atoms with E-state index in [4.69, 9.17) is 0 Å². The van der Waals surface area contributed by atoms with Crippen molar-refractivity contribution in [3.8, 4) is 0 Å². The Morgan fingerprint density at radius 3 is 2.13 bits per heavy atom. The van der Waals surface area contributed by atoms with E-state index in [1.54, 1.807) is 24.3 Å². The molecule has 5 nitrogen and oxygen atoms in total. The topological polar surface area (TPSA) is 70.2 Å². The van der Waals surface area contributed by atoms with E-state index in [2.05, 4.69) is 28.1 Å². The SMILES string of the molecule is CC(NC(=O)c1ccc(NC(=O)CNCCc2ccccc2)cc1)c1ccccc1. The van der Waals surface area contributed by atoms with Gasteiger partial charge in [-0.15, -0.1) is 0 Å². The van der Waals surface area contributed by atoms with Gasteiger partial charge in [-0.2, -0.15) is 0 Å².